The second-order valence-corrected chi connectivity index (χ2v) is 4.09. The summed E-state index contributed by atoms with van der Waals surface area (Å²) in [6.45, 7) is 5.99. The van der Waals surface area contributed by atoms with Crippen LogP contribution in [0.5, 0.6) is 0 Å². The van der Waals surface area contributed by atoms with Crippen molar-refractivity contribution in [1.29, 1.82) is 0 Å². The van der Waals surface area contributed by atoms with E-state index in [1.807, 2.05) is 19.1 Å². The van der Waals surface area contributed by atoms with Crippen molar-refractivity contribution in [2.45, 2.75) is 26.7 Å². The van der Waals surface area contributed by atoms with Crippen molar-refractivity contribution in [3.05, 3.63) is 29.9 Å². The van der Waals surface area contributed by atoms with Gasteiger partial charge in [0.05, 0.1) is 5.56 Å². The van der Waals surface area contributed by atoms with E-state index < -0.39 is 0 Å². The molecule has 0 aliphatic carbocycles. The van der Waals surface area contributed by atoms with Crippen LogP contribution in [-0.2, 0) is 6.42 Å². The molecule has 2 heterocycles. The highest BCUT2D eigenvalue weighted by molar-refractivity contribution is 5.54. The van der Waals surface area contributed by atoms with Crippen LogP contribution in [0.25, 0.3) is 11.5 Å². The van der Waals surface area contributed by atoms with E-state index >= 15 is 0 Å². The molecule has 5 heteroatoms. The quantitative estimate of drug-likeness (QED) is 0.790. The summed E-state index contributed by atoms with van der Waals surface area (Å²) < 4.78 is 5.64. The average molecular weight is 246 g/mol. The number of nitrogens with one attached hydrogen (secondary N) is 1. The van der Waals surface area contributed by atoms with Gasteiger partial charge in [-0.15, -0.1) is 10.2 Å². The molecule has 18 heavy (non-hydrogen) atoms. The predicted molar refractivity (Wildman–Crippen MR) is 69.1 cm³/mol. The van der Waals surface area contributed by atoms with Crippen LogP contribution < -0.4 is 5.32 Å². The average Bonchev–Trinajstić information content (AvgIpc) is 2.84. The number of hydrogen-bond acceptors (Lipinski definition) is 5. The molecule has 1 N–H and O–H groups in total. The first-order chi connectivity index (χ1) is 8.81. The first kappa shape index (κ1) is 12.7. The zero-order valence-electron chi connectivity index (χ0n) is 10.8. The van der Waals surface area contributed by atoms with Gasteiger partial charge in [0, 0.05) is 18.3 Å². The number of nitrogens with zero attached hydrogens (tertiary/aromatic N) is 3. The molecular weight excluding hydrogens is 228 g/mol. The number of pyridine rings is 1. The Labute approximate surface area is 107 Å². The molecule has 0 atom stereocenters. The third-order valence-electron chi connectivity index (χ3n) is 2.70. The molecule has 0 bridgehead atoms. The van der Waals surface area contributed by atoms with Crippen molar-refractivity contribution in [3.63, 3.8) is 0 Å². The second kappa shape index (κ2) is 6.26. The molecule has 2 aromatic rings. The van der Waals surface area contributed by atoms with E-state index in [1.165, 1.54) is 0 Å². The summed E-state index contributed by atoms with van der Waals surface area (Å²) in [6.07, 6.45) is 3.56. The van der Waals surface area contributed by atoms with Gasteiger partial charge in [-0.2, -0.15) is 0 Å². The molecule has 0 unspecified atom stereocenters. The molecule has 96 valence electrons. The van der Waals surface area contributed by atoms with Crippen molar-refractivity contribution in [3.8, 4) is 11.5 Å². The van der Waals surface area contributed by atoms with Gasteiger partial charge in [-0.05, 0) is 38.6 Å². The van der Waals surface area contributed by atoms with Gasteiger partial charge in [-0.1, -0.05) is 6.92 Å². The first-order valence-corrected chi connectivity index (χ1v) is 6.26. The van der Waals surface area contributed by atoms with Gasteiger partial charge in [0.25, 0.3) is 0 Å². The zero-order valence-corrected chi connectivity index (χ0v) is 10.8. The Kier molecular flexibility index (Phi) is 4.41. The summed E-state index contributed by atoms with van der Waals surface area (Å²) in [5.74, 6) is 1.24. The molecule has 2 aromatic heterocycles. The number of aryl methyl sites for hydroxylation is 2. The van der Waals surface area contributed by atoms with Crippen molar-refractivity contribution < 1.29 is 4.42 Å². The fraction of sp³-hybridized carbons (Fsp3) is 0.462. The number of rotatable bonds is 6. The fourth-order valence-corrected chi connectivity index (χ4v) is 1.72. The molecule has 0 aromatic carbocycles. The van der Waals surface area contributed by atoms with Crippen molar-refractivity contribution in [2.24, 2.45) is 0 Å². The fourth-order valence-electron chi connectivity index (χ4n) is 1.72. The van der Waals surface area contributed by atoms with Gasteiger partial charge < -0.3 is 9.73 Å². The minimum Gasteiger partial charge on any atom is -0.421 e. The van der Waals surface area contributed by atoms with E-state index in [9.17, 15) is 0 Å². The van der Waals surface area contributed by atoms with Gasteiger partial charge in [0.15, 0.2) is 0 Å². The summed E-state index contributed by atoms with van der Waals surface area (Å²) in [6, 6.07) is 3.82. The van der Waals surface area contributed by atoms with Crippen molar-refractivity contribution >= 4 is 0 Å². The molecule has 0 amide bonds. The van der Waals surface area contributed by atoms with Gasteiger partial charge in [-0.3, -0.25) is 4.98 Å². The monoisotopic (exact) mass is 246 g/mol. The Hall–Kier alpha value is -1.75. The molecule has 0 radical (unpaired) electrons. The highest BCUT2D eigenvalue weighted by Crippen LogP contribution is 2.20. The van der Waals surface area contributed by atoms with E-state index in [1.54, 1.807) is 6.20 Å². The Bertz CT molecular complexity index is 495. The lowest BCUT2D eigenvalue weighted by molar-refractivity contribution is 0.492. The second-order valence-electron chi connectivity index (χ2n) is 4.09. The van der Waals surface area contributed by atoms with Crippen molar-refractivity contribution in [2.75, 3.05) is 13.1 Å². The molecule has 0 fully saturated rings. The van der Waals surface area contributed by atoms with E-state index in [-0.39, 0.29) is 0 Å². The summed E-state index contributed by atoms with van der Waals surface area (Å²) >= 11 is 0. The van der Waals surface area contributed by atoms with E-state index in [0.717, 1.165) is 37.2 Å². The van der Waals surface area contributed by atoms with E-state index in [4.69, 9.17) is 4.42 Å². The van der Waals surface area contributed by atoms with Crippen LogP contribution in [0.4, 0.5) is 0 Å². The summed E-state index contributed by atoms with van der Waals surface area (Å²) in [5.41, 5.74) is 1.81. The van der Waals surface area contributed by atoms with Crippen LogP contribution in [-0.4, -0.2) is 28.3 Å². The zero-order chi connectivity index (χ0) is 12.8. The third-order valence-corrected chi connectivity index (χ3v) is 2.70. The molecule has 2 rings (SSSR count). The van der Waals surface area contributed by atoms with Gasteiger partial charge in [0.1, 0.15) is 0 Å². The molecular formula is C13H18N4O. The van der Waals surface area contributed by atoms with Gasteiger partial charge >= 0.3 is 0 Å². The lowest BCUT2D eigenvalue weighted by Crippen LogP contribution is -2.14. The standard InChI is InChI=1S/C13H18N4O/c1-3-14-8-5-7-12-16-17-13(18-12)11-6-4-9-15-10(11)2/h4,6,9,14H,3,5,7-8H2,1-2H3. The predicted octanol–water partition coefficient (Wildman–Crippen LogP) is 1.98. The van der Waals surface area contributed by atoms with Crippen LogP contribution >= 0.6 is 0 Å². The molecule has 0 aliphatic rings. The lowest BCUT2D eigenvalue weighted by atomic mass is 10.2. The highest BCUT2D eigenvalue weighted by Gasteiger charge is 2.10. The minimum absolute atomic E-state index is 0.555. The van der Waals surface area contributed by atoms with Crippen molar-refractivity contribution in [1.82, 2.24) is 20.5 Å². The molecule has 0 saturated carbocycles. The molecule has 0 spiro atoms. The third kappa shape index (κ3) is 3.13. The highest BCUT2D eigenvalue weighted by atomic mass is 16.4. The Balaban J connectivity index is 2.00. The largest absolute Gasteiger partial charge is 0.421 e. The van der Waals surface area contributed by atoms with Crippen LogP contribution in [0.15, 0.2) is 22.7 Å². The summed E-state index contributed by atoms with van der Waals surface area (Å²) in [4.78, 5) is 4.21. The SMILES string of the molecule is CCNCCCc1nnc(-c2cccnc2C)o1. The lowest BCUT2D eigenvalue weighted by Gasteiger charge is -1.99. The maximum absolute atomic E-state index is 5.64. The number of aromatic nitrogens is 3. The molecule has 0 saturated heterocycles. The van der Waals surface area contributed by atoms with Crippen LogP contribution in [0.2, 0.25) is 0 Å². The minimum atomic E-state index is 0.555. The normalized spacial score (nSPS) is 10.8. The molecule has 5 nitrogen and oxygen atoms in total. The van der Waals surface area contributed by atoms with E-state index in [0.29, 0.717) is 11.8 Å². The Morgan fingerprint density at radius 1 is 1.33 bits per heavy atom. The van der Waals surface area contributed by atoms with E-state index in [2.05, 4.69) is 27.4 Å². The Morgan fingerprint density at radius 2 is 2.22 bits per heavy atom. The summed E-state index contributed by atoms with van der Waals surface area (Å²) in [7, 11) is 0. The van der Waals surface area contributed by atoms with Gasteiger partial charge in [0.2, 0.25) is 11.8 Å². The number of hydrogen-bond donors (Lipinski definition) is 1. The maximum atomic E-state index is 5.64. The smallest absolute Gasteiger partial charge is 0.249 e. The van der Waals surface area contributed by atoms with Crippen LogP contribution in [0.3, 0.4) is 0 Å². The van der Waals surface area contributed by atoms with Gasteiger partial charge in [-0.25, -0.2) is 0 Å². The molecule has 0 aliphatic heterocycles. The topological polar surface area (TPSA) is 63.8 Å². The Morgan fingerprint density at radius 3 is 3.00 bits per heavy atom. The van der Waals surface area contributed by atoms with Crippen LogP contribution in [0, 0.1) is 6.92 Å². The van der Waals surface area contributed by atoms with Crippen LogP contribution in [0.1, 0.15) is 24.9 Å². The first-order valence-electron chi connectivity index (χ1n) is 6.26. The maximum Gasteiger partial charge on any atom is 0.249 e. The summed E-state index contributed by atoms with van der Waals surface area (Å²) in [5, 5.41) is 11.4.